The van der Waals surface area contributed by atoms with Gasteiger partial charge in [0.25, 0.3) is 0 Å². The van der Waals surface area contributed by atoms with E-state index < -0.39 is 0 Å². The van der Waals surface area contributed by atoms with Crippen molar-refractivity contribution in [2.45, 2.75) is 19.8 Å². The van der Waals surface area contributed by atoms with Gasteiger partial charge in [-0.15, -0.1) is 11.8 Å². The van der Waals surface area contributed by atoms with Crippen molar-refractivity contribution < 1.29 is 0 Å². The molecule has 2 heteroatoms. The molecule has 0 atom stereocenters. The summed E-state index contributed by atoms with van der Waals surface area (Å²) in [6.07, 6.45) is 7.33. The van der Waals surface area contributed by atoms with Crippen molar-refractivity contribution in [3.05, 3.63) is 23.1 Å². The van der Waals surface area contributed by atoms with E-state index >= 15 is 0 Å². The number of thioether (sulfide) groups is 1. The molecule has 0 aliphatic heterocycles. The van der Waals surface area contributed by atoms with E-state index in [4.69, 9.17) is 5.41 Å². The molecule has 0 unspecified atom stereocenters. The Bertz CT molecular complexity index is 170. The van der Waals surface area contributed by atoms with Gasteiger partial charge in [-0.25, -0.2) is 0 Å². The van der Waals surface area contributed by atoms with Gasteiger partial charge in [0.05, 0.1) is 0 Å². The molecule has 0 aliphatic carbocycles. The van der Waals surface area contributed by atoms with E-state index in [0.29, 0.717) is 0 Å². The second-order valence-corrected chi connectivity index (χ2v) is 3.14. The van der Waals surface area contributed by atoms with Crippen LogP contribution >= 0.6 is 11.8 Å². The SMILES string of the molecule is C=C(CC)C/C=C(\C=N)SC. The molecule has 0 spiro atoms. The maximum atomic E-state index is 7.02. The molecule has 0 saturated carbocycles. The lowest BCUT2D eigenvalue weighted by molar-refractivity contribution is 1.04. The van der Waals surface area contributed by atoms with Crippen LogP contribution in [-0.4, -0.2) is 12.5 Å². The van der Waals surface area contributed by atoms with E-state index in [0.717, 1.165) is 17.7 Å². The Hall–Kier alpha value is -0.500. The van der Waals surface area contributed by atoms with Gasteiger partial charge < -0.3 is 5.41 Å². The molecule has 0 saturated heterocycles. The third-order valence-corrected chi connectivity index (χ3v) is 2.23. The van der Waals surface area contributed by atoms with Gasteiger partial charge in [-0.3, -0.25) is 0 Å². The molecule has 0 aliphatic rings. The van der Waals surface area contributed by atoms with Crippen molar-refractivity contribution in [1.82, 2.24) is 0 Å². The molecule has 0 aromatic carbocycles. The fourth-order valence-electron chi connectivity index (χ4n) is 0.590. The summed E-state index contributed by atoms with van der Waals surface area (Å²) in [6, 6.07) is 0. The van der Waals surface area contributed by atoms with Gasteiger partial charge >= 0.3 is 0 Å². The van der Waals surface area contributed by atoms with E-state index in [1.807, 2.05) is 12.3 Å². The second kappa shape index (κ2) is 6.23. The van der Waals surface area contributed by atoms with E-state index in [2.05, 4.69) is 13.5 Å². The Morgan fingerprint density at radius 3 is 2.64 bits per heavy atom. The third kappa shape index (κ3) is 4.85. The predicted molar refractivity (Wildman–Crippen MR) is 54.4 cm³/mol. The first-order valence-corrected chi connectivity index (χ1v) is 4.88. The molecule has 0 aromatic heterocycles. The van der Waals surface area contributed by atoms with Gasteiger partial charge in [0.15, 0.2) is 0 Å². The van der Waals surface area contributed by atoms with Crippen LogP contribution in [0, 0.1) is 5.41 Å². The number of nitrogens with one attached hydrogen (secondary N) is 1. The van der Waals surface area contributed by atoms with Crippen LogP contribution in [0.25, 0.3) is 0 Å². The molecule has 0 bridgehead atoms. The summed E-state index contributed by atoms with van der Waals surface area (Å²) in [5, 5.41) is 7.02. The largest absolute Gasteiger partial charge is 0.308 e. The van der Waals surface area contributed by atoms with Gasteiger partial charge in [0.1, 0.15) is 0 Å². The Labute approximate surface area is 73.1 Å². The fraction of sp³-hybridized carbons (Fsp3) is 0.444. The zero-order valence-corrected chi connectivity index (χ0v) is 8.00. The van der Waals surface area contributed by atoms with Gasteiger partial charge in [0, 0.05) is 11.1 Å². The topological polar surface area (TPSA) is 23.9 Å². The van der Waals surface area contributed by atoms with Crippen molar-refractivity contribution in [1.29, 1.82) is 5.41 Å². The van der Waals surface area contributed by atoms with Crippen molar-refractivity contribution in [3.8, 4) is 0 Å². The number of hydrogen-bond acceptors (Lipinski definition) is 2. The number of allylic oxidation sites excluding steroid dienone is 3. The lowest BCUT2D eigenvalue weighted by atomic mass is 10.1. The second-order valence-electron chi connectivity index (χ2n) is 2.26. The summed E-state index contributed by atoms with van der Waals surface area (Å²) < 4.78 is 0. The molecular formula is C9H15NS. The summed E-state index contributed by atoms with van der Waals surface area (Å²) in [5.74, 6) is 0. The highest BCUT2D eigenvalue weighted by molar-refractivity contribution is 8.03. The summed E-state index contributed by atoms with van der Waals surface area (Å²) in [6.45, 7) is 5.98. The highest BCUT2D eigenvalue weighted by atomic mass is 32.2. The molecule has 0 rings (SSSR count). The average Bonchev–Trinajstić information content (AvgIpc) is 2.06. The molecule has 62 valence electrons. The highest BCUT2D eigenvalue weighted by Gasteiger charge is 1.90. The minimum Gasteiger partial charge on any atom is -0.308 e. The maximum Gasteiger partial charge on any atom is 0.0310 e. The van der Waals surface area contributed by atoms with E-state index in [-0.39, 0.29) is 0 Å². The van der Waals surface area contributed by atoms with Gasteiger partial charge in [-0.05, 0) is 19.1 Å². The maximum absolute atomic E-state index is 7.02. The molecule has 1 N–H and O–H groups in total. The predicted octanol–water partition coefficient (Wildman–Crippen LogP) is 3.24. The molecule has 0 aromatic rings. The van der Waals surface area contributed by atoms with Gasteiger partial charge in [-0.1, -0.05) is 25.2 Å². The molecular weight excluding hydrogens is 154 g/mol. The normalized spacial score (nSPS) is 11.3. The first-order valence-electron chi connectivity index (χ1n) is 3.65. The minimum atomic E-state index is 0.905. The zero-order valence-electron chi connectivity index (χ0n) is 7.18. The Kier molecular flexibility index (Phi) is 5.94. The average molecular weight is 169 g/mol. The van der Waals surface area contributed by atoms with Crippen molar-refractivity contribution >= 4 is 18.0 Å². The molecule has 1 nitrogen and oxygen atoms in total. The molecule has 0 radical (unpaired) electrons. The lowest BCUT2D eigenvalue weighted by Crippen LogP contribution is -1.79. The molecule has 11 heavy (non-hydrogen) atoms. The Morgan fingerprint density at radius 2 is 2.27 bits per heavy atom. The summed E-state index contributed by atoms with van der Waals surface area (Å²) >= 11 is 1.60. The van der Waals surface area contributed by atoms with Crippen LogP contribution in [0.5, 0.6) is 0 Å². The third-order valence-electron chi connectivity index (χ3n) is 1.47. The van der Waals surface area contributed by atoms with E-state index in [1.165, 1.54) is 11.8 Å². The van der Waals surface area contributed by atoms with Gasteiger partial charge in [-0.2, -0.15) is 0 Å². The summed E-state index contributed by atoms with van der Waals surface area (Å²) in [4.78, 5) is 1.01. The van der Waals surface area contributed by atoms with Crippen LogP contribution in [0.1, 0.15) is 19.8 Å². The lowest BCUT2D eigenvalue weighted by Gasteiger charge is -1.97. The monoisotopic (exact) mass is 169 g/mol. The fourth-order valence-corrected chi connectivity index (χ4v) is 0.958. The Morgan fingerprint density at radius 1 is 1.64 bits per heavy atom. The van der Waals surface area contributed by atoms with Crippen molar-refractivity contribution in [2.24, 2.45) is 0 Å². The van der Waals surface area contributed by atoms with E-state index in [9.17, 15) is 0 Å². The molecule has 0 heterocycles. The zero-order chi connectivity index (χ0) is 8.69. The number of hydrogen-bond donors (Lipinski definition) is 1. The first-order chi connectivity index (χ1) is 5.24. The molecule has 0 fully saturated rings. The van der Waals surface area contributed by atoms with Crippen LogP contribution in [-0.2, 0) is 0 Å². The van der Waals surface area contributed by atoms with Crippen LogP contribution in [0.3, 0.4) is 0 Å². The highest BCUT2D eigenvalue weighted by Crippen LogP contribution is 2.12. The first kappa shape index (κ1) is 10.5. The molecule has 0 amide bonds. The summed E-state index contributed by atoms with van der Waals surface area (Å²) in [7, 11) is 0. The van der Waals surface area contributed by atoms with E-state index in [1.54, 1.807) is 11.8 Å². The number of rotatable bonds is 5. The Balaban J connectivity index is 3.88. The van der Waals surface area contributed by atoms with Gasteiger partial charge in [0.2, 0.25) is 0 Å². The smallest absolute Gasteiger partial charge is 0.0310 e. The van der Waals surface area contributed by atoms with Crippen LogP contribution in [0.15, 0.2) is 23.1 Å². The van der Waals surface area contributed by atoms with Crippen LogP contribution < -0.4 is 0 Å². The van der Waals surface area contributed by atoms with Crippen LogP contribution in [0.4, 0.5) is 0 Å². The van der Waals surface area contributed by atoms with Crippen molar-refractivity contribution in [3.63, 3.8) is 0 Å². The summed E-state index contributed by atoms with van der Waals surface area (Å²) in [5.41, 5.74) is 1.22. The standard InChI is InChI=1S/C9H15NS/c1-4-8(2)5-6-9(7-10)11-3/h6-7,10H,2,4-5H2,1,3H3/b9-6+,10-7?. The van der Waals surface area contributed by atoms with Crippen molar-refractivity contribution in [2.75, 3.05) is 6.26 Å². The van der Waals surface area contributed by atoms with Crippen LogP contribution in [0.2, 0.25) is 0 Å². The minimum absolute atomic E-state index is 0.905. The quantitative estimate of drug-likeness (QED) is 0.496.